The Labute approximate surface area is 136 Å². The van der Waals surface area contributed by atoms with E-state index in [1.165, 1.54) is 0 Å². The average molecular weight is 310 g/mol. The summed E-state index contributed by atoms with van der Waals surface area (Å²) in [5.74, 6) is -1.00. The van der Waals surface area contributed by atoms with Crippen molar-refractivity contribution in [2.24, 2.45) is 0 Å². The topological polar surface area (TPSA) is 58.2 Å². The van der Waals surface area contributed by atoms with Crippen LogP contribution in [0.2, 0.25) is 0 Å². The molecule has 2 rings (SSSR count). The third-order valence-corrected chi connectivity index (χ3v) is 3.69. The van der Waals surface area contributed by atoms with Gasteiger partial charge in [0.1, 0.15) is 0 Å². The van der Waals surface area contributed by atoms with Crippen molar-refractivity contribution in [2.45, 2.75) is 19.3 Å². The maximum atomic E-state index is 11.8. The standard InChI is InChI=1S/C19H22N2O2/c1-15(17-10-6-3-7-11-17)14-21-19(23)18(22)20-13-12-16-8-4-2-5-9-16/h2-11,15H,12-14H2,1H3,(H,20,22)(H,21,23)/t15-/m1/s1. The Morgan fingerprint density at radius 1 is 0.870 bits per heavy atom. The predicted octanol–water partition coefficient (Wildman–Crippen LogP) is 2.27. The zero-order valence-electron chi connectivity index (χ0n) is 13.3. The third-order valence-electron chi connectivity index (χ3n) is 3.69. The molecule has 0 spiro atoms. The molecule has 0 aliphatic carbocycles. The van der Waals surface area contributed by atoms with E-state index in [4.69, 9.17) is 0 Å². The van der Waals surface area contributed by atoms with Crippen LogP contribution in [0.15, 0.2) is 60.7 Å². The number of carbonyl (C=O) groups is 2. The Balaban J connectivity index is 1.69. The molecule has 0 aliphatic heterocycles. The predicted molar refractivity (Wildman–Crippen MR) is 91.0 cm³/mol. The molecule has 0 radical (unpaired) electrons. The number of rotatable bonds is 6. The van der Waals surface area contributed by atoms with Crippen molar-refractivity contribution in [3.8, 4) is 0 Å². The summed E-state index contributed by atoms with van der Waals surface area (Å²) in [5, 5.41) is 5.32. The zero-order chi connectivity index (χ0) is 16.5. The fourth-order valence-corrected chi connectivity index (χ4v) is 2.27. The van der Waals surface area contributed by atoms with Crippen LogP contribution in [0.4, 0.5) is 0 Å². The first-order valence-electron chi connectivity index (χ1n) is 7.81. The van der Waals surface area contributed by atoms with Gasteiger partial charge >= 0.3 is 11.8 Å². The van der Waals surface area contributed by atoms with Gasteiger partial charge in [-0.1, -0.05) is 67.6 Å². The van der Waals surface area contributed by atoms with E-state index in [1.807, 2.05) is 67.6 Å². The van der Waals surface area contributed by atoms with E-state index in [0.717, 1.165) is 11.1 Å². The number of hydrogen-bond donors (Lipinski definition) is 2. The van der Waals surface area contributed by atoms with Gasteiger partial charge in [0.05, 0.1) is 0 Å². The van der Waals surface area contributed by atoms with Gasteiger partial charge < -0.3 is 10.6 Å². The van der Waals surface area contributed by atoms with Crippen molar-refractivity contribution >= 4 is 11.8 Å². The monoisotopic (exact) mass is 310 g/mol. The van der Waals surface area contributed by atoms with Gasteiger partial charge in [0.25, 0.3) is 0 Å². The summed E-state index contributed by atoms with van der Waals surface area (Å²) in [6, 6.07) is 19.7. The second-order valence-electron chi connectivity index (χ2n) is 5.51. The van der Waals surface area contributed by atoms with Crippen LogP contribution in [0.1, 0.15) is 24.0 Å². The van der Waals surface area contributed by atoms with Crippen LogP contribution in [0.3, 0.4) is 0 Å². The van der Waals surface area contributed by atoms with E-state index >= 15 is 0 Å². The maximum Gasteiger partial charge on any atom is 0.309 e. The minimum absolute atomic E-state index is 0.164. The fraction of sp³-hybridized carbons (Fsp3) is 0.263. The Kier molecular flexibility index (Phi) is 6.36. The van der Waals surface area contributed by atoms with Gasteiger partial charge in [-0.05, 0) is 23.5 Å². The molecule has 2 amide bonds. The van der Waals surface area contributed by atoms with Gasteiger partial charge in [0, 0.05) is 13.1 Å². The Morgan fingerprint density at radius 2 is 1.43 bits per heavy atom. The highest BCUT2D eigenvalue weighted by atomic mass is 16.2. The molecule has 0 heterocycles. The fourth-order valence-electron chi connectivity index (χ4n) is 2.27. The van der Waals surface area contributed by atoms with Crippen LogP contribution < -0.4 is 10.6 Å². The highest BCUT2D eigenvalue weighted by Gasteiger charge is 2.14. The summed E-state index contributed by atoms with van der Waals surface area (Å²) < 4.78 is 0. The zero-order valence-corrected chi connectivity index (χ0v) is 13.3. The lowest BCUT2D eigenvalue weighted by atomic mass is 10.0. The molecular formula is C19H22N2O2. The number of amides is 2. The smallest absolute Gasteiger partial charge is 0.309 e. The molecule has 0 aliphatic rings. The lowest BCUT2D eigenvalue weighted by Gasteiger charge is -2.13. The van der Waals surface area contributed by atoms with Crippen LogP contribution in [0, 0.1) is 0 Å². The lowest BCUT2D eigenvalue weighted by Crippen LogP contribution is -2.41. The van der Waals surface area contributed by atoms with Crippen molar-refractivity contribution in [2.75, 3.05) is 13.1 Å². The molecule has 2 aromatic rings. The average Bonchev–Trinajstić information content (AvgIpc) is 2.61. The second-order valence-corrected chi connectivity index (χ2v) is 5.51. The van der Waals surface area contributed by atoms with Crippen molar-refractivity contribution in [3.63, 3.8) is 0 Å². The summed E-state index contributed by atoms with van der Waals surface area (Å²) in [5.41, 5.74) is 2.27. The molecule has 0 saturated carbocycles. The molecule has 4 heteroatoms. The van der Waals surface area contributed by atoms with Crippen molar-refractivity contribution < 1.29 is 9.59 Å². The first-order chi connectivity index (χ1) is 11.2. The van der Waals surface area contributed by atoms with E-state index in [-0.39, 0.29) is 5.92 Å². The Morgan fingerprint density at radius 3 is 2.09 bits per heavy atom. The first kappa shape index (κ1) is 16.7. The van der Waals surface area contributed by atoms with Crippen molar-refractivity contribution in [3.05, 3.63) is 71.8 Å². The molecule has 0 fully saturated rings. The molecule has 0 saturated heterocycles. The van der Waals surface area contributed by atoms with Gasteiger partial charge in [-0.2, -0.15) is 0 Å². The summed E-state index contributed by atoms with van der Waals surface area (Å²) in [4.78, 5) is 23.6. The van der Waals surface area contributed by atoms with Gasteiger partial charge in [-0.15, -0.1) is 0 Å². The normalized spacial score (nSPS) is 11.5. The van der Waals surface area contributed by atoms with E-state index < -0.39 is 11.8 Å². The van der Waals surface area contributed by atoms with Crippen LogP contribution >= 0.6 is 0 Å². The molecule has 120 valence electrons. The first-order valence-corrected chi connectivity index (χ1v) is 7.81. The summed E-state index contributed by atoms with van der Waals surface area (Å²) in [7, 11) is 0. The van der Waals surface area contributed by atoms with Gasteiger partial charge in [-0.3, -0.25) is 9.59 Å². The largest absolute Gasteiger partial charge is 0.348 e. The third kappa shape index (κ3) is 5.58. The molecule has 1 atom stereocenters. The maximum absolute atomic E-state index is 11.8. The minimum atomic E-state index is -0.583. The molecule has 0 aromatic heterocycles. The van der Waals surface area contributed by atoms with Crippen LogP contribution in [0.5, 0.6) is 0 Å². The number of benzene rings is 2. The molecule has 23 heavy (non-hydrogen) atoms. The van der Waals surface area contributed by atoms with E-state index in [9.17, 15) is 9.59 Å². The van der Waals surface area contributed by atoms with Crippen molar-refractivity contribution in [1.82, 2.24) is 10.6 Å². The molecule has 2 N–H and O–H groups in total. The van der Waals surface area contributed by atoms with Crippen molar-refractivity contribution in [1.29, 1.82) is 0 Å². The quantitative estimate of drug-likeness (QED) is 0.804. The van der Waals surface area contributed by atoms with Crippen LogP contribution in [0.25, 0.3) is 0 Å². The highest BCUT2D eigenvalue weighted by molar-refractivity contribution is 6.35. The molecule has 0 bridgehead atoms. The van der Waals surface area contributed by atoms with E-state index in [0.29, 0.717) is 19.5 Å². The van der Waals surface area contributed by atoms with E-state index in [2.05, 4.69) is 10.6 Å². The lowest BCUT2D eigenvalue weighted by molar-refractivity contribution is -0.139. The Hall–Kier alpha value is -2.62. The minimum Gasteiger partial charge on any atom is -0.348 e. The number of carbonyl (C=O) groups excluding carboxylic acids is 2. The highest BCUT2D eigenvalue weighted by Crippen LogP contribution is 2.12. The number of nitrogens with one attached hydrogen (secondary N) is 2. The summed E-state index contributed by atoms with van der Waals surface area (Å²) >= 11 is 0. The van der Waals surface area contributed by atoms with Crippen LogP contribution in [-0.4, -0.2) is 24.9 Å². The summed E-state index contributed by atoms with van der Waals surface area (Å²) in [6.07, 6.45) is 0.709. The molecular weight excluding hydrogens is 288 g/mol. The molecule has 4 nitrogen and oxygen atoms in total. The molecule has 0 unspecified atom stereocenters. The molecule has 2 aromatic carbocycles. The van der Waals surface area contributed by atoms with Gasteiger partial charge in [0.15, 0.2) is 0 Å². The summed E-state index contributed by atoms with van der Waals surface area (Å²) in [6.45, 7) is 2.91. The SMILES string of the molecule is C[C@H](CNC(=O)C(=O)NCCc1ccccc1)c1ccccc1. The van der Waals surface area contributed by atoms with Gasteiger partial charge in [0.2, 0.25) is 0 Å². The van der Waals surface area contributed by atoms with E-state index in [1.54, 1.807) is 0 Å². The second kappa shape index (κ2) is 8.73. The number of hydrogen-bond acceptors (Lipinski definition) is 2. The Bertz CT molecular complexity index is 626. The van der Waals surface area contributed by atoms with Gasteiger partial charge in [-0.25, -0.2) is 0 Å². The van der Waals surface area contributed by atoms with Crippen LogP contribution in [-0.2, 0) is 16.0 Å².